The largest absolute Gasteiger partial charge is 0.198 e. The minimum atomic E-state index is 0.433. The van der Waals surface area contributed by atoms with E-state index in [4.69, 9.17) is 5.26 Å². The minimum absolute atomic E-state index is 0.433. The number of hydrogen-bond acceptors (Lipinski definition) is 2. The van der Waals surface area contributed by atoms with Crippen LogP contribution in [0.15, 0.2) is 29.2 Å². The van der Waals surface area contributed by atoms with Crippen LogP contribution < -0.4 is 0 Å². The maximum absolute atomic E-state index is 8.63. The summed E-state index contributed by atoms with van der Waals surface area (Å²) in [5.74, 6) is 0. The summed E-state index contributed by atoms with van der Waals surface area (Å²) in [6, 6.07) is 10.7. The summed E-state index contributed by atoms with van der Waals surface area (Å²) in [6.07, 6.45) is 1.68. The Morgan fingerprint density at radius 2 is 2.00 bits per heavy atom. The molecule has 0 spiro atoms. The molecule has 0 radical (unpaired) electrons. The standard InChI is InChI=1S/C12H15NS/c1-3-11(8-9-13)14-12-6-4-10(2)5-7-12/h4-7,11H,3,8H2,1-2H3. The Balaban J connectivity index is 2.59. The highest BCUT2D eigenvalue weighted by molar-refractivity contribution is 8.00. The quantitative estimate of drug-likeness (QED) is 0.698. The second kappa shape index (κ2) is 5.72. The van der Waals surface area contributed by atoms with E-state index in [1.54, 1.807) is 11.8 Å². The third kappa shape index (κ3) is 3.43. The van der Waals surface area contributed by atoms with E-state index in [0.29, 0.717) is 11.7 Å². The molecule has 0 saturated carbocycles. The van der Waals surface area contributed by atoms with E-state index in [1.165, 1.54) is 10.5 Å². The number of thioether (sulfide) groups is 1. The van der Waals surface area contributed by atoms with E-state index < -0.39 is 0 Å². The summed E-state index contributed by atoms with van der Waals surface area (Å²) < 4.78 is 0. The zero-order valence-corrected chi connectivity index (χ0v) is 9.47. The molecule has 14 heavy (non-hydrogen) atoms. The lowest BCUT2D eigenvalue weighted by atomic mass is 10.2. The Hall–Kier alpha value is -0.940. The molecule has 0 aromatic heterocycles. The van der Waals surface area contributed by atoms with E-state index in [0.717, 1.165) is 6.42 Å². The smallest absolute Gasteiger partial charge is 0.0633 e. The SMILES string of the molecule is CCC(CC#N)Sc1ccc(C)cc1. The molecule has 2 heteroatoms. The van der Waals surface area contributed by atoms with Crippen LogP contribution in [0.2, 0.25) is 0 Å². The maximum Gasteiger partial charge on any atom is 0.0633 e. The Labute approximate surface area is 90.1 Å². The van der Waals surface area contributed by atoms with Crippen LogP contribution in [0.1, 0.15) is 25.3 Å². The molecule has 74 valence electrons. The van der Waals surface area contributed by atoms with Crippen LogP contribution in [0.25, 0.3) is 0 Å². The Bertz CT molecular complexity index is 310. The molecule has 0 bridgehead atoms. The number of benzene rings is 1. The van der Waals surface area contributed by atoms with Crippen LogP contribution in [-0.4, -0.2) is 5.25 Å². The van der Waals surface area contributed by atoms with Gasteiger partial charge in [0.2, 0.25) is 0 Å². The molecule has 1 aromatic rings. The highest BCUT2D eigenvalue weighted by Gasteiger charge is 2.06. The first kappa shape index (κ1) is 11.1. The molecule has 0 aliphatic heterocycles. The zero-order chi connectivity index (χ0) is 10.4. The van der Waals surface area contributed by atoms with Crippen molar-refractivity contribution in [3.8, 4) is 6.07 Å². The van der Waals surface area contributed by atoms with E-state index in [1.807, 2.05) is 0 Å². The average Bonchev–Trinajstić information content (AvgIpc) is 2.20. The average molecular weight is 205 g/mol. The lowest BCUT2D eigenvalue weighted by molar-refractivity contribution is 0.842. The first-order chi connectivity index (χ1) is 6.76. The monoisotopic (exact) mass is 205 g/mol. The van der Waals surface area contributed by atoms with Gasteiger partial charge in [-0.3, -0.25) is 0 Å². The van der Waals surface area contributed by atoms with E-state index >= 15 is 0 Å². The van der Waals surface area contributed by atoms with E-state index in [2.05, 4.69) is 44.2 Å². The first-order valence-electron chi connectivity index (χ1n) is 4.86. The highest BCUT2D eigenvalue weighted by atomic mass is 32.2. The molecule has 0 fully saturated rings. The van der Waals surface area contributed by atoms with Crippen molar-refractivity contribution >= 4 is 11.8 Å². The lowest BCUT2D eigenvalue weighted by Crippen LogP contribution is -1.98. The van der Waals surface area contributed by atoms with Gasteiger partial charge in [-0.15, -0.1) is 11.8 Å². The maximum atomic E-state index is 8.63. The zero-order valence-electron chi connectivity index (χ0n) is 8.66. The van der Waals surface area contributed by atoms with Gasteiger partial charge in [0.05, 0.1) is 6.07 Å². The van der Waals surface area contributed by atoms with Crippen molar-refractivity contribution in [3.63, 3.8) is 0 Å². The van der Waals surface area contributed by atoms with Gasteiger partial charge in [-0.05, 0) is 25.5 Å². The Morgan fingerprint density at radius 3 is 2.50 bits per heavy atom. The van der Waals surface area contributed by atoms with E-state index in [9.17, 15) is 0 Å². The predicted molar refractivity (Wildman–Crippen MR) is 61.3 cm³/mol. The van der Waals surface area contributed by atoms with Crippen molar-refractivity contribution in [2.24, 2.45) is 0 Å². The molecule has 0 aliphatic rings. The van der Waals surface area contributed by atoms with Crippen molar-refractivity contribution in [3.05, 3.63) is 29.8 Å². The van der Waals surface area contributed by atoms with Gasteiger partial charge in [0, 0.05) is 16.6 Å². The Morgan fingerprint density at radius 1 is 1.36 bits per heavy atom. The summed E-state index contributed by atoms with van der Waals surface area (Å²) in [5.41, 5.74) is 1.28. The molecule has 0 amide bonds. The molecule has 0 aliphatic carbocycles. The van der Waals surface area contributed by atoms with Gasteiger partial charge in [-0.1, -0.05) is 24.6 Å². The fourth-order valence-electron chi connectivity index (χ4n) is 1.18. The molecule has 1 aromatic carbocycles. The van der Waals surface area contributed by atoms with Gasteiger partial charge in [-0.25, -0.2) is 0 Å². The van der Waals surface area contributed by atoms with Gasteiger partial charge < -0.3 is 0 Å². The number of nitrogens with zero attached hydrogens (tertiary/aromatic N) is 1. The van der Waals surface area contributed by atoms with Gasteiger partial charge >= 0.3 is 0 Å². The summed E-state index contributed by atoms with van der Waals surface area (Å²) in [6.45, 7) is 4.21. The Kier molecular flexibility index (Phi) is 4.55. The number of rotatable bonds is 4. The molecule has 1 unspecified atom stereocenters. The number of nitriles is 1. The minimum Gasteiger partial charge on any atom is -0.198 e. The molecule has 1 rings (SSSR count). The summed E-state index contributed by atoms with van der Waals surface area (Å²) >= 11 is 1.80. The summed E-state index contributed by atoms with van der Waals surface area (Å²) in [4.78, 5) is 1.26. The van der Waals surface area contributed by atoms with Crippen molar-refractivity contribution in [1.82, 2.24) is 0 Å². The first-order valence-corrected chi connectivity index (χ1v) is 5.74. The molecule has 0 heterocycles. The number of aryl methyl sites for hydroxylation is 1. The second-order valence-electron chi connectivity index (χ2n) is 3.32. The van der Waals surface area contributed by atoms with Crippen LogP contribution in [0.3, 0.4) is 0 Å². The van der Waals surface area contributed by atoms with Gasteiger partial charge in [-0.2, -0.15) is 5.26 Å². The molecule has 0 N–H and O–H groups in total. The summed E-state index contributed by atoms with van der Waals surface area (Å²) in [5, 5.41) is 9.06. The fraction of sp³-hybridized carbons (Fsp3) is 0.417. The van der Waals surface area contributed by atoms with Crippen molar-refractivity contribution in [2.75, 3.05) is 0 Å². The second-order valence-corrected chi connectivity index (χ2v) is 4.70. The van der Waals surface area contributed by atoms with E-state index in [-0.39, 0.29) is 0 Å². The van der Waals surface area contributed by atoms with Gasteiger partial charge in [0.15, 0.2) is 0 Å². The third-order valence-electron chi connectivity index (χ3n) is 2.10. The van der Waals surface area contributed by atoms with Crippen LogP contribution >= 0.6 is 11.8 Å². The molecule has 1 atom stereocenters. The van der Waals surface area contributed by atoms with Crippen LogP contribution in [0, 0.1) is 18.3 Å². The molecule has 0 saturated heterocycles. The van der Waals surface area contributed by atoms with Crippen LogP contribution in [0.5, 0.6) is 0 Å². The normalized spacial score (nSPS) is 12.1. The lowest BCUT2D eigenvalue weighted by Gasteiger charge is -2.10. The number of hydrogen-bond donors (Lipinski definition) is 0. The van der Waals surface area contributed by atoms with Gasteiger partial charge in [0.25, 0.3) is 0 Å². The molecule has 1 nitrogen and oxygen atoms in total. The highest BCUT2D eigenvalue weighted by Crippen LogP contribution is 2.27. The predicted octanol–water partition coefficient (Wildman–Crippen LogP) is 3.78. The van der Waals surface area contributed by atoms with Crippen molar-refractivity contribution in [2.45, 2.75) is 36.8 Å². The van der Waals surface area contributed by atoms with Crippen molar-refractivity contribution < 1.29 is 0 Å². The topological polar surface area (TPSA) is 23.8 Å². The van der Waals surface area contributed by atoms with Gasteiger partial charge in [0.1, 0.15) is 0 Å². The molecular weight excluding hydrogens is 190 g/mol. The van der Waals surface area contributed by atoms with Crippen LogP contribution in [-0.2, 0) is 0 Å². The van der Waals surface area contributed by atoms with Crippen molar-refractivity contribution in [1.29, 1.82) is 5.26 Å². The summed E-state index contributed by atoms with van der Waals surface area (Å²) in [7, 11) is 0. The molecular formula is C12H15NS. The van der Waals surface area contributed by atoms with Crippen LogP contribution in [0.4, 0.5) is 0 Å². The fourth-order valence-corrected chi connectivity index (χ4v) is 2.18. The third-order valence-corrected chi connectivity index (χ3v) is 3.48.